The molecule has 5 heteroatoms. The summed E-state index contributed by atoms with van der Waals surface area (Å²) >= 11 is 3.50. The van der Waals surface area contributed by atoms with Gasteiger partial charge in [0.2, 0.25) is 0 Å². The van der Waals surface area contributed by atoms with Gasteiger partial charge in [-0.05, 0) is 25.6 Å². The Balaban J connectivity index is 2.43. The first kappa shape index (κ1) is 18.4. The first-order valence-corrected chi connectivity index (χ1v) is 8.20. The molecule has 1 atom stereocenters. The van der Waals surface area contributed by atoms with E-state index in [9.17, 15) is 0 Å². The van der Waals surface area contributed by atoms with Gasteiger partial charge in [-0.2, -0.15) is 0 Å². The van der Waals surface area contributed by atoms with Crippen molar-refractivity contribution in [2.24, 2.45) is 0 Å². The van der Waals surface area contributed by atoms with Gasteiger partial charge in [-0.1, -0.05) is 28.9 Å². The van der Waals surface area contributed by atoms with Gasteiger partial charge < -0.3 is 19.5 Å². The van der Waals surface area contributed by atoms with Crippen LogP contribution in [0.4, 0.5) is 0 Å². The Hall–Kier alpha value is -0.620. The molecule has 1 unspecified atom stereocenters. The van der Waals surface area contributed by atoms with Crippen molar-refractivity contribution in [1.29, 1.82) is 0 Å². The first-order chi connectivity index (χ1) is 10.2. The molecule has 0 saturated heterocycles. The predicted octanol–water partition coefficient (Wildman–Crippen LogP) is 3.55. The molecule has 1 aromatic rings. The molecule has 120 valence electrons. The van der Waals surface area contributed by atoms with Crippen molar-refractivity contribution in [1.82, 2.24) is 5.32 Å². The van der Waals surface area contributed by atoms with Crippen LogP contribution in [0.3, 0.4) is 0 Å². The van der Waals surface area contributed by atoms with Crippen LogP contribution in [0, 0.1) is 0 Å². The molecule has 0 aromatic heterocycles. The number of methoxy groups -OCH3 is 1. The minimum atomic E-state index is 0.274. The highest BCUT2D eigenvalue weighted by Crippen LogP contribution is 2.28. The second-order valence-corrected chi connectivity index (χ2v) is 5.68. The fourth-order valence-electron chi connectivity index (χ4n) is 1.99. The second kappa shape index (κ2) is 11.0. The van der Waals surface area contributed by atoms with Crippen LogP contribution in [0.25, 0.3) is 0 Å². The van der Waals surface area contributed by atoms with Crippen molar-refractivity contribution in [2.45, 2.75) is 26.3 Å². The molecule has 1 N–H and O–H groups in total. The maximum Gasteiger partial charge on any atom is 0.125 e. The Morgan fingerprint density at radius 1 is 1.19 bits per heavy atom. The van der Waals surface area contributed by atoms with Crippen molar-refractivity contribution in [3.63, 3.8) is 0 Å². The van der Waals surface area contributed by atoms with Gasteiger partial charge in [-0.3, -0.25) is 0 Å². The number of hydrogen-bond donors (Lipinski definition) is 1. The fraction of sp³-hybridized carbons (Fsp3) is 0.625. The van der Waals surface area contributed by atoms with E-state index in [4.69, 9.17) is 14.2 Å². The van der Waals surface area contributed by atoms with Crippen LogP contribution in [-0.2, 0) is 9.47 Å². The molecule has 0 spiro atoms. The van der Waals surface area contributed by atoms with Crippen LogP contribution in [-0.4, -0.2) is 40.1 Å². The monoisotopic (exact) mass is 359 g/mol. The van der Waals surface area contributed by atoms with Gasteiger partial charge in [0, 0.05) is 36.2 Å². The van der Waals surface area contributed by atoms with Crippen LogP contribution < -0.4 is 10.1 Å². The Morgan fingerprint density at radius 3 is 2.71 bits per heavy atom. The zero-order valence-electron chi connectivity index (χ0n) is 13.2. The average Bonchev–Trinajstić information content (AvgIpc) is 2.46. The van der Waals surface area contributed by atoms with E-state index in [1.54, 1.807) is 7.11 Å². The third-order valence-electron chi connectivity index (χ3n) is 3.07. The third kappa shape index (κ3) is 7.27. The number of ether oxygens (including phenoxy) is 3. The second-order valence-electron chi connectivity index (χ2n) is 4.77. The maximum absolute atomic E-state index is 5.91. The van der Waals surface area contributed by atoms with E-state index in [2.05, 4.69) is 41.2 Å². The lowest BCUT2D eigenvalue weighted by Crippen LogP contribution is -2.18. The largest absolute Gasteiger partial charge is 0.493 e. The number of nitrogens with one attached hydrogen (secondary N) is 1. The third-order valence-corrected chi connectivity index (χ3v) is 3.57. The molecular weight excluding hydrogens is 334 g/mol. The van der Waals surface area contributed by atoms with E-state index in [1.807, 2.05) is 12.1 Å². The molecule has 0 bridgehead atoms. The van der Waals surface area contributed by atoms with Gasteiger partial charge in [0.1, 0.15) is 5.75 Å². The Labute approximate surface area is 136 Å². The van der Waals surface area contributed by atoms with E-state index in [0.717, 1.165) is 23.2 Å². The molecule has 0 fully saturated rings. The normalized spacial score (nSPS) is 12.4. The van der Waals surface area contributed by atoms with Gasteiger partial charge in [0.05, 0.1) is 19.8 Å². The SMILES string of the molecule is CCNC(C)c1ccc(Br)cc1OCCCOCCOC. The van der Waals surface area contributed by atoms with E-state index in [-0.39, 0.29) is 6.04 Å². The van der Waals surface area contributed by atoms with E-state index >= 15 is 0 Å². The minimum absolute atomic E-state index is 0.274. The minimum Gasteiger partial charge on any atom is -0.493 e. The average molecular weight is 360 g/mol. The Morgan fingerprint density at radius 2 is 2.00 bits per heavy atom. The Bertz CT molecular complexity index is 401. The topological polar surface area (TPSA) is 39.7 Å². The van der Waals surface area contributed by atoms with Crippen LogP contribution in [0.15, 0.2) is 22.7 Å². The summed E-state index contributed by atoms with van der Waals surface area (Å²) in [6.07, 6.45) is 0.866. The van der Waals surface area contributed by atoms with Crippen molar-refractivity contribution < 1.29 is 14.2 Å². The molecule has 0 heterocycles. The van der Waals surface area contributed by atoms with Gasteiger partial charge in [-0.15, -0.1) is 0 Å². The molecule has 0 aliphatic heterocycles. The van der Waals surface area contributed by atoms with Gasteiger partial charge in [-0.25, -0.2) is 0 Å². The fourth-order valence-corrected chi connectivity index (χ4v) is 2.33. The van der Waals surface area contributed by atoms with E-state index in [0.29, 0.717) is 26.4 Å². The smallest absolute Gasteiger partial charge is 0.125 e. The highest BCUT2D eigenvalue weighted by Gasteiger charge is 2.11. The molecule has 0 aliphatic carbocycles. The summed E-state index contributed by atoms with van der Waals surface area (Å²) in [5.74, 6) is 0.926. The summed E-state index contributed by atoms with van der Waals surface area (Å²) in [5, 5.41) is 3.41. The first-order valence-electron chi connectivity index (χ1n) is 7.41. The highest BCUT2D eigenvalue weighted by atomic mass is 79.9. The lowest BCUT2D eigenvalue weighted by atomic mass is 10.1. The molecule has 0 amide bonds. The lowest BCUT2D eigenvalue weighted by Gasteiger charge is -2.18. The molecule has 1 aromatic carbocycles. The molecule has 4 nitrogen and oxygen atoms in total. The molecule has 0 radical (unpaired) electrons. The number of halogens is 1. The predicted molar refractivity (Wildman–Crippen MR) is 89.0 cm³/mol. The number of benzene rings is 1. The van der Waals surface area contributed by atoms with Gasteiger partial charge >= 0.3 is 0 Å². The van der Waals surface area contributed by atoms with Crippen molar-refractivity contribution in [3.8, 4) is 5.75 Å². The quantitative estimate of drug-likeness (QED) is 0.613. The van der Waals surface area contributed by atoms with Crippen LogP contribution in [0.2, 0.25) is 0 Å². The Kier molecular flexibility index (Phi) is 9.67. The molecule has 1 rings (SSSR count). The van der Waals surface area contributed by atoms with E-state index < -0.39 is 0 Å². The summed E-state index contributed by atoms with van der Waals surface area (Å²) in [7, 11) is 1.67. The van der Waals surface area contributed by atoms with Crippen molar-refractivity contribution in [2.75, 3.05) is 40.1 Å². The lowest BCUT2D eigenvalue weighted by molar-refractivity contribution is 0.0643. The van der Waals surface area contributed by atoms with Crippen molar-refractivity contribution >= 4 is 15.9 Å². The van der Waals surface area contributed by atoms with E-state index in [1.165, 1.54) is 5.56 Å². The van der Waals surface area contributed by atoms with Gasteiger partial charge in [0.15, 0.2) is 0 Å². The summed E-state index contributed by atoms with van der Waals surface area (Å²) in [5.41, 5.74) is 1.18. The van der Waals surface area contributed by atoms with Crippen LogP contribution in [0.1, 0.15) is 31.9 Å². The van der Waals surface area contributed by atoms with Crippen LogP contribution in [0.5, 0.6) is 5.75 Å². The molecule has 0 saturated carbocycles. The molecular formula is C16H26BrNO3. The molecule has 0 aliphatic rings. The molecule has 21 heavy (non-hydrogen) atoms. The summed E-state index contributed by atoms with van der Waals surface area (Å²) < 4.78 is 17.3. The zero-order valence-corrected chi connectivity index (χ0v) is 14.7. The summed E-state index contributed by atoms with van der Waals surface area (Å²) in [6, 6.07) is 6.44. The number of hydrogen-bond acceptors (Lipinski definition) is 4. The standard InChI is InChI=1S/C16H26BrNO3/c1-4-18-13(2)15-7-6-14(17)12-16(15)21-9-5-8-20-11-10-19-3/h6-7,12-13,18H,4-5,8-11H2,1-3H3. The number of rotatable bonds is 11. The highest BCUT2D eigenvalue weighted by molar-refractivity contribution is 9.10. The maximum atomic E-state index is 5.91. The van der Waals surface area contributed by atoms with Gasteiger partial charge in [0.25, 0.3) is 0 Å². The van der Waals surface area contributed by atoms with Crippen LogP contribution >= 0.6 is 15.9 Å². The zero-order chi connectivity index (χ0) is 15.5. The summed E-state index contributed by atoms with van der Waals surface area (Å²) in [6.45, 7) is 7.79. The summed E-state index contributed by atoms with van der Waals surface area (Å²) in [4.78, 5) is 0. The van der Waals surface area contributed by atoms with Crippen molar-refractivity contribution in [3.05, 3.63) is 28.2 Å².